The number of hydrogen-bond acceptors (Lipinski definition) is 7. The fourth-order valence-electron chi connectivity index (χ4n) is 3.54. The molecule has 0 amide bonds. The third-order valence-electron chi connectivity index (χ3n) is 4.92. The molecule has 0 aliphatic carbocycles. The number of nitrogens with one attached hydrogen (secondary N) is 1. The zero-order chi connectivity index (χ0) is 21.4. The van der Waals surface area contributed by atoms with Crippen LogP contribution in [0.25, 0.3) is 0 Å². The van der Waals surface area contributed by atoms with Gasteiger partial charge in [0.05, 0.1) is 12.2 Å². The van der Waals surface area contributed by atoms with E-state index in [2.05, 4.69) is 20.0 Å². The SMILES string of the molecule is CC(C)(C)OC(=O)c1cccc([N+]2=C(N=C(NN)c3ccncn3)[C@@]23CCOC3)c1. The smallest absolute Gasteiger partial charge is 0.353 e. The van der Waals surface area contributed by atoms with Crippen LogP contribution in [0.2, 0.25) is 0 Å². The zero-order valence-corrected chi connectivity index (χ0v) is 17.3. The van der Waals surface area contributed by atoms with Gasteiger partial charge < -0.3 is 9.47 Å². The molecule has 3 heterocycles. The summed E-state index contributed by atoms with van der Waals surface area (Å²) in [7, 11) is 0. The number of esters is 1. The molecule has 2 aliphatic heterocycles. The third kappa shape index (κ3) is 3.81. The maximum absolute atomic E-state index is 12.5. The molecule has 1 atom stereocenters. The molecule has 3 N–H and O–H groups in total. The molecule has 9 nitrogen and oxygen atoms in total. The van der Waals surface area contributed by atoms with E-state index in [9.17, 15) is 4.79 Å². The maximum Gasteiger partial charge on any atom is 0.353 e. The fourth-order valence-corrected chi connectivity index (χ4v) is 3.54. The molecule has 1 aromatic heterocycles. The number of aliphatic imine (C=N–C) groups is 1. The monoisotopic (exact) mass is 409 g/mol. The number of rotatable bonds is 3. The topological polar surface area (TPSA) is 115 Å². The molecule has 0 saturated carbocycles. The van der Waals surface area contributed by atoms with Crippen LogP contribution in [0.5, 0.6) is 0 Å². The Bertz CT molecular complexity index is 1020. The predicted molar refractivity (Wildman–Crippen MR) is 111 cm³/mol. The molecule has 1 spiro atoms. The van der Waals surface area contributed by atoms with Gasteiger partial charge in [-0.1, -0.05) is 6.07 Å². The van der Waals surface area contributed by atoms with E-state index in [0.29, 0.717) is 30.3 Å². The van der Waals surface area contributed by atoms with Crippen molar-refractivity contribution < 1.29 is 18.8 Å². The van der Waals surface area contributed by atoms with Gasteiger partial charge in [0.15, 0.2) is 0 Å². The Kier molecular flexibility index (Phi) is 5.08. The van der Waals surface area contributed by atoms with Crippen LogP contribution in [0.15, 0.2) is 47.8 Å². The summed E-state index contributed by atoms with van der Waals surface area (Å²) in [6.45, 7) is 6.70. The van der Waals surface area contributed by atoms with Gasteiger partial charge in [0.25, 0.3) is 5.84 Å². The lowest BCUT2D eigenvalue weighted by Gasteiger charge is -2.19. The first-order valence-corrected chi connectivity index (χ1v) is 9.75. The summed E-state index contributed by atoms with van der Waals surface area (Å²) in [4.78, 5) is 25.4. The standard InChI is InChI=1S/C21H24N6O3/c1-20(2,3)30-18(28)14-5-4-6-15(11-14)27-19(21(27)8-10-29-12-21)25-17(26-22)16-7-9-23-13-24-16/h4-7,9,11,13H,8,10,12H2,1-3H3,(H2,22,23,24)/p+1/t21-,27?/m0/s1. The molecule has 2 aliphatic rings. The summed E-state index contributed by atoms with van der Waals surface area (Å²) in [5, 5.41) is 0. The molecule has 0 bridgehead atoms. The number of nitrogens with two attached hydrogens (primary N) is 1. The molecule has 4 rings (SSSR count). The fraction of sp³-hybridized carbons (Fsp3) is 0.381. The number of aromatic nitrogens is 2. The predicted octanol–water partition coefficient (Wildman–Crippen LogP) is 1.56. The summed E-state index contributed by atoms with van der Waals surface area (Å²) in [5.74, 6) is 6.59. The van der Waals surface area contributed by atoms with Gasteiger partial charge in [0, 0.05) is 12.6 Å². The molecular weight excluding hydrogens is 384 g/mol. The highest BCUT2D eigenvalue weighted by atomic mass is 16.6. The van der Waals surface area contributed by atoms with E-state index in [-0.39, 0.29) is 11.5 Å². The van der Waals surface area contributed by atoms with Crippen molar-refractivity contribution in [3.05, 3.63) is 54.1 Å². The van der Waals surface area contributed by atoms with Crippen molar-refractivity contribution in [2.45, 2.75) is 38.3 Å². The second-order valence-electron chi connectivity index (χ2n) is 8.24. The summed E-state index contributed by atoms with van der Waals surface area (Å²) < 4.78 is 13.2. The van der Waals surface area contributed by atoms with Crippen LogP contribution in [-0.2, 0) is 9.47 Å². The van der Waals surface area contributed by atoms with Crippen LogP contribution < -0.4 is 11.3 Å². The van der Waals surface area contributed by atoms with E-state index in [0.717, 1.165) is 17.9 Å². The van der Waals surface area contributed by atoms with Crippen molar-refractivity contribution in [3.8, 4) is 0 Å². The Morgan fingerprint density at radius 2 is 2.20 bits per heavy atom. The third-order valence-corrected chi connectivity index (χ3v) is 4.92. The average molecular weight is 409 g/mol. The van der Waals surface area contributed by atoms with Gasteiger partial charge in [0.2, 0.25) is 5.54 Å². The van der Waals surface area contributed by atoms with Crippen molar-refractivity contribution >= 4 is 23.3 Å². The molecule has 156 valence electrons. The van der Waals surface area contributed by atoms with Gasteiger partial charge in [-0.25, -0.2) is 25.2 Å². The van der Waals surface area contributed by atoms with Crippen molar-refractivity contribution in [2.75, 3.05) is 13.2 Å². The van der Waals surface area contributed by atoms with Gasteiger partial charge in [-0.15, -0.1) is 0 Å². The first-order valence-electron chi connectivity index (χ1n) is 9.75. The van der Waals surface area contributed by atoms with Crippen LogP contribution in [0.3, 0.4) is 0 Å². The zero-order valence-electron chi connectivity index (χ0n) is 17.3. The van der Waals surface area contributed by atoms with Crippen molar-refractivity contribution in [3.63, 3.8) is 0 Å². The average Bonchev–Trinajstić information content (AvgIpc) is 3.05. The van der Waals surface area contributed by atoms with Crippen LogP contribution in [0, 0.1) is 0 Å². The van der Waals surface area contributed by atoms with Gasteiger partial charge in [-0.05, 0) is 50.0 Å². The van der Waals surface area contributed by atoms with Gasteiger partial charge in [0.1, 0.15) is 29.9 Å². The summed E-state index contributed by atoms with van der Waals surface area (Å²) in [5.41, 5.74) is 3.64. The Morgan fingerprint density at radius 3 is 2.83 bits per heavy atom. The minimum Gasteiger partial charge on any atom is -0.456 e. The molecule has 0 unspecified atom stereocenters. The van der Waals surface area contributed by atoms with Crippen LogP contribution in [0.4, 0.5) is 5.69 Å². The highest BCUT2D eigenvalue weighted by Gasteiger charge is 2.67. The van der Waals surface area contributed by atoms with Crippen LogP contribution >= 0.6 is 0 Å². The quantitative estimate of drug-likeness (QED) is 0.197. The number of hydrogen-bond donors (Lipinski definition) is 2. The molecule has 1 fully saturated rings. The van der Waals surface area contributed by atoms with Gasteiger partial charge in [-0.2, -0.15) is 0 Å². The number of carbonyl (C=O) groups is 1. The largest absolute Gasteiger partial charge is 0.456 e. The second kappa shape index (κ2) is 7.58. The minimum atomic E-state index is -0.561. The van der Waals surface area contributed by atoms with Crippen molar-refractivity contribution in [2.24, 2.45) is 10.8 Å². The molecule has 2 aromatic rings. The Morgan fingerprint density at radius 1 is 1.37 bits per heavy atom. The summed E-state index contributed by atoms with van der Waals surface area (Å²) >= 11 is 0. The Balaban J connectivity index is 1.71. The van der Waals surface area contributed by atoms with E-state index in [1.807, 2.05) is 39.0 Å². The molecule has 9 heteroatoms. The van der Waals surface area contributed by atoms with Crippen molar-refractivity contribution in [1.82, 2.24) is 15.4 Å². The lowest BCUT2D eigenvalue weighted by molar-refractivity contribution is -0.417. The highest BCUT2D eigenvalue weighted by Crippen LogP contribution is 2.42. The first-order chi connectivity index (χ1) is 14.3. The number of amidine groups is 2. The van der Waals surface area contributed by atoms with Crippen molar-refractivity contribution in [1.29, 1.82) is 0 Å². The van der Waals surface area contributed by atoms with E-state index in [1.165, 1.54) is 6.33 Å². The molecular formula is C21H25N6O3+. The summed E-state index contributed by atoms with van der Waals surface area (Å²) in [6.07, 6.45) is 3.86. The Labute approximate surface area is 174 Å². The van der Waals surface area contributed by atoms with E-state index >= 15 is 0 Å². The van der Waals surface area contributed by atoms with Gasteiger partial charge in [-0.3, -0.25) is 5.43 Å². The second-order valence-corrected chi connectivity index (χ2v) is 8.24. The molecule has 1 aromatic carbocycles. The lowest BCUT2D eigenvalue weighted by Crippen LogP contribution is -2.33. The van der Waals surface area contributed by atoms with E-state index in [4.69, 9.17) is 20.3 Å². The molecule has 1 saturated heterocycles. The highest BCUT2D eigenvalue weighted by molar-refractivity contribution is 6.09. The number of ether oxygens (including phenoxy) is 2. The first kappa shape index (κ1) is 20.1. The number of hydrazine groups is 1. The lowest BCUT2D eigenvalue weighted by atomic mass is 10.1. The molecule has 30 heavy (non-hydrogen) atoms. The minimum absolute atomic E-state index is 0.346. The van der Waals surface area contributed by atoms with Crippen LogP contribution in [-0.4, -0.2) is 56.5 Å². The number of nitrogens with zero attached hydrogens (tertiary/aromatic N) is 4. The van der Waals surface area contributed by atoms with E-state index in [1.54, 1.807) is 18.3 Å². The maximum atomic E-state index is 12.5. The number of carbonyl (C=O) groups excluding carboxylic acids is 1. The van der Waals surface area contributed by atoms with Gasteiger partial charge >= 0.3 is 11.8 Å². The summed E-state index contributed by atoms with van der Waals surface area (Å²) in [6, 6.07) is 9.07. The number of benzene rings is 1. The molecule has 0 radical (unpaired) electrons. The van der Waals surface area contributed by atoms with E-state index < -0.39 is 5.60 Å². The van der Waals surface area contributed by atoms with Crippen LogP contribution in [0.1, 0.15) is 43.2 Å². The normalized spacial score (nSPS) is 21.1. The Hall–Kier alpha value is -3.17.